The van der Waals surface area contributed by atoms with Gasteiger partial charge in [-0.3, -0.25) is 5.10 Å². The van der Waals surface area contributed by atoms with Crippen molar-refractivity contribution in [3.8, 4) is 11.3 Å². The lowest BCUT2D eigenvalue weighted by atomic mass is 10.1. The van der Waals surface area contributed by atoms with Crippen LogP contribution in [0.3, 0.4) is 0 Å². The highest BCUT2D eigenvalue weighted by Gasteiger charge is 2.17. The normalized spacial score (nSPS) is 13.2. The van der Waals surface area contributed by atoms with E-state index in [9.17, 15) is 5.11 Å². The van der Waals surface area contributed by atoms with E-state index in [0.29, 0.717) is 5.82 Å². The molecule has 0 radical (unpaired) electrons. The third-order valence-corrected chi connectivity index (χ3v) is 4.18. The summed E-state index contributed by atoms with van der Waals surface area (Å²) in [4.78, 5) is 4.50. The second-order valence-electron chi connectivity index (χ2n) is 6.23. The molecule has 3 heterocycles. The minimum absolute atomic E-state index is 0.0479. The van der Waals surface area contributed by atoms with Gasteiger partial charge in [0.05, 0.1) is 16.6 Å². The monoisotopic (exact) mass is 322 g/mol. The number of anilines is 1. The fraction of sp³-hybridized carbons (Fsp3) is 0.235. The maximum absolute atomic E-state index is 10.3. The van der Waals surface area contributed by atoms with E-state index in [0.717, 1.165) is 33.1 Å². The first kappa shape index (κ1) is 14.6. The molecule has 0 saturated heterocycles. The molecule has 1 unspecified atom stereocenters. The summed E-state index contributed by atoms with van der Waals surface area (Å²) >= 11 is 0. The summed E-state index contributed by atoms with van der Waals surface area (Å²) in [6, 6.07) is 7.82. The third-order valence-electron chi connectivity index (χ3n) is 4.18. The Labute approximate surface area is 138 Å². The van der Waals surface area contributed by atoms with Gasteiger partial charge in [0, 0.05) is 23.3 Å². The fourth-order valence-corrected chi connectivity index (χ4v) is 2.82. The van der Waals surface area contributed by atoms with Gasteiger partial charge in [0.25, 0.3) is 0 Å². The highest BCUT2D eigenvalue weighted by atomic mass is 16.3. The molecule has 7 heteroatoms. The first-order valence-electron chi connectivity index (χ1n) is 7.80. The number of nitrogen functional groups attached to an aromatic ring is 1. The van der Waals surface area contributed by atoms with E-state index in [2.05, 4.69) is 20.3 Å². The van der Waals surface area contributed by atoms with Crippen LogP contribution in [-0.4, -0.2) is 30.1 Å². The van der Waals surface area contributed by atoms with Gasteiger partial charge in [-0.1, -0.05) is 19.9 Å². The number of H-pyrrole nitrogens is 1. The summed E-state index contributed by atoms with van der Waals surface area (Å²) in [6.45, 7) is 3.88. The molecule has 0 aliphatic heterocycles. The van der Waals surface area contributed by atoms with Crippen molar-refractivity contribution in [2.75, 3.05) is 5.73 Å². The molecule has 0 saturated carbocycles. The summed E-state index contributed by atoms with van der Waals surface area (Å²) in [7, 11) is 0. The molecule has 0 fully saturated rings. The van der Waals surface area contributed by atoms with Crippen molar-refractivity contribution in [2.45, 2.75) is 20.1 Å². The number of nitrogens with two attached hydrogens (primary N) is 1. The average molecular weight is 322 g/mol. The average Bonchev–Trinajstić information content (AvgIpc) is 3.23. The largest absolute Gasteiger partial charge is 0.383 e. The number of rotatable bonds is 3. The number of aliphatic hydroxyl groups is 1. The number of fused-ring (bicyclic) bond motifs is 3. The predicted molar refractivity (Wildman–Crippen MR) is 93.1 cm³/mol. The van der Waals surface area contributed by atoms with Gasteiger partial charge in [0.15, 0.2) is 0 Å². The Bertz CT molecular complexity index is 1020. The number of aromatic amines is 1. The van der Waals surface area contributed by atoms with Gasteiger partial charge in [-0.25, -0.2) is 9.67 Å². The van der Waals surface area contributed by atoms with E-state index in [4.69, 9.17) is 5.73 Å². The van der Waals surface area contributed by atoms with E-state index in [-0.39, 0.29) is 5.92 Å². The number of aliphatic hydroxyl groups excluding tert-OH is 1. The van der Waals surface area contributed by atoms with Crippen LogP contribution in [-0.2, 0) is 0 Å². The second kappa shape index (κ2) is 5.31. The molecular formula is C17H18N6O. The lowest BCUT2D eigenvalue weighted by molar-refractivity contribution is 0.0456. The molecular weight excluding hydrogens is 304 g/mol. The van der Waals surface area contributed by atoms with Crippen LogP contribution in [0.15, 0.2) is 36.7 Å². The zero-order valence-corrected chi connectivity index (χ0v) is 13.4. The predicted octanol–water partition coefficient (Wildman–Crippen LogP) is 2.70. The molecule has 0 amide bonds. The molecule has 4 N–H and O–H groups in total. The van der Waals surface area contributed by atoms with Crippen LogP contribution in [0.4, 0.5) is 5.82 Å². The highest BCUT2D eigenvalue weighted by molar-refractivity contribution is 6.08. The van der Waals surface area contributed by atoms with Crippen LogP contribution < -0.4 is 5.73 Å². The summed E-state index contributed by atoms with van der Waals surface area (Å²) in [5.74, 6) is 0.452. The van der Waals surface area contributed by atoms with Crippen molar-refractivity contribution in [2.24, 2.45) is 5.92 Å². The van der Waals surface area contributed by atoms with Crippen molar-refractivity contribution >= 4 is 27.6 Å². The van der Waals surface area contributed by atoms with Crippen molar-refractivity contribution < 1.29 is 5.11 Å². The molecule has 0 aliphatic rings. The van der Waals surface area contributed by atoms with E-state index in [1.165, 1.54) is 0 Å². The summed E-state index contributed by atoms with van der Waals surface area (Å²) in [6.07, 6.45) is 2.76. The van der Waals surface area contributed by atoms with E-state index < -0.39 is 6.23 Å². The second-order valence-corrected chi connectivity index (χ2v) is 6.23. The third kappa shape index (κ3) is 2.21. The molecule has 1 aromatic carbocycles. The smallest absolute Gasteiger partial charge is 0.149 e. The Kier molecular flexibility index (Phi) is 3.24. The van der Waals surface area contributed by atoms with Gasteiger partial charge >= 0.3 is 0 Å². The summed E-state index contributed by atoms with van der Waals surface area (Å²) < 4.78 is 1.55. The Balaban J connectivity index is 1.94. The van der Waals surface area contributed by atoms with E-state index in [1.54, 1.807) is 17.1 Å². The first-order valence-corrected chi connectivity index (χ1v) is 7.80. The molecule has 122 valence electrons. The summed E-state index contributed by atoms with van der Waals surface area (Å²) in [5.41, 5.74) is 9.51. The van der Waals surface area contributed by atoms with Crippen LogP contribution >= 0.6 is 0 Å². The molecule has 4 aromatic rings. The highest BCUT2D eigenvalue weighted by Crippen LogP contribution is 2.30. The van der Waals surface area contributed by atoms with Crippen LogP contribution in [0.2, 0.25) is 0 Å². The maximum atomic E-state index is 10.3. The standard InChI is InChI=1S/C17H18N6O/c1-9(2)17(24)23-8-12-15(22-23)11-4-3-10(13-5-6-19-21-13)7-14(11)20-16(12)18/h3-9,17,24H,1-2H3,(H2,18,20)(H,19,21). The molecule has 0 aliphatic carbocycles. The molecule has 0 bridgehead atoms. The first-order chi connectivity index (χ1) is 11.5. The Morgan fingerprint density at radius 3 is 2.75 bits per heavy atom. The van der Waals surface area contributed by atoms with Gasteiger partial charge in [-0.2, -0.15) is 10.2 Å². The molecule has 1 atom stereocenters. The van der Waals surface area contributed by atoms with Gasteiger partial charge in [0.2, 0.25) is 0 Å². The maximum Gasteiger partial charge on any atom is 0.149 e. The molecule has 0 spiro atoms. The number of aromatic nitrogens is 5. The number of hydrogen-bond donors (Lipinski definition) is 3. The SMILES string of the molecule is CC(C)C(O)n1cc2c(N)nc3cc(-c4ccn[nH]4)ccc3c2n1. The van der Waals surface area contributed by atoms with Gasteiger partial charge in [-0.15, -0.1) is 0 Å². The molecule has 7 nitrogen and oxygen atoms in total. The molecule has 24 heavy (non-hydrogen) atoms. The Hall–Kier alpha value is -2.93. The van der Waals surface area contributed by atoms with Crippen LogP contribution in [0.5, 0.6) is 0 Å². The Morgan fingerprint density at radius 2 is 2.04 bits per heavy atom. The van der Waals surface area contributed by atoms with Gasteiger partial charge in [-0.05, 0) is 24.1 Å². The van der Waals surface area contributed by atoms with Crippen LogP contribution in [0.1, 0.15) is 20.1 Å². The fourth-order valence-electron chi connectivity index (χ4n) is 2.82. The number of benzene rings is 1. The molecule has 3 aromatic heterocycles. The number of nitrogens with one attached hydrogen (secondary N) is 1. The van der Waals surface area contributed by atoms with Crippen LogP contribution in [0, 0.1) is 5.92 Å². The van der Waals surface area contributed by atoms with Crippen molar-refractivity contribution in [3.05, 3.63) is 36.7 Å². The van der Waals surface area contributed by atoms with Crippen LogP contribution in [0.25, 0.3) is 33.1 Å². The van der Waals surface area contributed by atoms with E-state index in [1.807, 2.05) is 38.1 Å². The minimum Gasteiger partial charge on any atom is -0.383 e. The van der Waals surface area contributed by atoms with Crippen molar-refractivity contribution in [1.29, 1.82) is 0 Å². The number of nitrogens with zero attached hydrogens (tertiary/aromatic N) is 4. The summed E-state index contributed by atoms with van der Waals surface area (Å²) in [5, 5.41) is 23.4. The molecule has 4 rings (SSSR count). The van der Waals surface area contributed by atoms with E-state index >= 15 is 0 Å². The lowest BCUT2D eigenvalue weighted by Gasteiger charge is -2.14. The van der Waals surface area contributed by atoms with Crippen molar-refractivity contribution in [3.63, 3.8) is 0 Å². The quantitative estimate of drug-likeness (QED) is 0.538. The van der Waals surface area contributed by atoms with Crippen molar-refractivity contribution in [1.82, 2.24) is 25.0 Å². The van der Waals surface area contributed by atoms with Gasteiger partial charge in [0.1, 0.15) is 17.6 Å². The topological polar surface area (TPSA) is 106 Å². The zero-order chi connectivity index (χ0) is 16.8. The number of hydrogen-bond acceptors (Lipinski definition) is 5. The Morgan fingerprint density at radius 1 is 1.21 bits per heavy atom. The van der Waals surface area contributed by atoms with Gasteiger partial charge < -0.3 is 10.8 Å². The number of pyridine rings is 1. The zero-order valence-electron chi connectivity index (χ0n) is 13.4. The minimum atomic E-state index is -0.698. The lowest BCUT2D eigenvalue weighted by Crippen LogP contribution is -2.14.